The zero-order valence-corrected chi connectivity index (χ0v) is 12.0. The molecule has 0 aliphatic heterocycles. The first kappa shape index (κ1) is 15.0. The number of nitrogens with two attached hydrogens (primary N) is 1. The summed E-state index contributed by atoms with van der Waals surface area (Å²) in [5.41, 5.74) is 8.45. The Morgan fingerprint density at radius 2 is 2.05 bits per heavy atom. The lowest BCUT2D eigenvalue weighted by atomic mass is 10.2. The molecule has 0 radical (unpaired) electrons. The van der Waals surface area contributed by atoms with Crippen molar-refractivity contribution >= 4 is 5.91 Å². The van der Waals surface area contributed by atoms with Gasteiger partial charge in [0.15, 0.2) is 6.61 Å². The van der Waals surface area contributed by atoms with Crippen LogP contribution in [0.15, 0.2) is 42.6 Å². The molecule has 1 aromatic carbocycles. The maximum atomic E-state index is 11.7. The molecule has 1 amide bonds. The summed E-state index contributed by atoms with van der Waals surface area (Å²) < 4.78 is 5.41. The largest absolute Gasteiger partial charge is 0.484 e. The number of nitrogens with zero attached hydrogens (tertiary/aromatic N) is 1. The average molecular weight is 285 g/mol. The highest BCUT2D eigenvalue weighted by Gasteiger charge is 2.05. The molecule has 5 nitrogen and oxygen atoms in total. The highest BCUT2D eigenvalue weighted by molar-refractivity contribution is 5.77. The van der Waals surface area contributed by atoms with E-state index in [4.69, 9.17) is 10.5 Å². The number of carbonyl (C=O) groups is 1. The van der Waals surface area contributed by atoms with Gasteiger partial charge >= 0.3 is 0 Å². The number of pyridine rings is 1. The van der Waals surface area contributed by atoms with Gasteiger partial charge in [-0.05, 0) is 36.2 Å². The molecule has 2 aromatic rings. The van der Waals surface area contributed by atoms with E-state index in [2.05, 4.69) is 10.3 Å². The third-order valence-electron chi connectivity index (χ3n) is 3.10. The second kappa shape index (κ2) is 7.40. The van der Waals surface area contributed by atoms with Crippen molar-refractivity contribution in [2.45, 2.75) is 20.0 Å². The van der Waals surface area contributed by atoms with Crippen LogP contribution in [0.1, 0.15) is 16.8 Å². The van der Waals surface area contributed by atoms with Gasteiger partial charge in [0, 0.05) is 12.7 Å². The monoisotopic (exact) mass is 285 g/mol. The summed E-state index contributed by atoms with van der Waals surface area (Å²) in [6, 6.07) is 11.2. The Morgan fingerprint density at radius 1 is 1.29 bits per heavy atom. The van der Waals surface area contributed by atoms with Gasteiger partial charge in [-0.3, -0.25) is 9.78 Å². The van der Waals surface area contributed by atoms with Crippen LogP contribution in [0.3, 0.4) is 0 Å². The average Bonchev–Trinajstić information content (AvgIpc) is 2.52. The highest BCUT2D eigenvalue weighted by atomic mass is 16.5. The molecular weight excluding hydrogens is 266 g/mol. The number of hydrogen-bond acceptors (Lipinski definition) is 4. The Bertz CT molecular complexity index is 597. The van der Waals surface area contributed by atoms with Crippen molar-refractivity contribution < 1.29 is 9.53 Å². The van der Waals surface area contributed by atoms with Crippen molar-refractivity contribution in [2.75, 3.05) is 6.61 Å². The lowest BCUT2D eigenvalue weighted by Gasteiger charge is -2.09. The molecular formula is C16H19N3O2. The predicted molar refractivity (Wildman–Crippen MR) is 80.6 cm³/mol. The first-order valence-electron chi connectivity index (χ1n) is 6.78. The van der Waals surface area contributed by atoms with Crippen molar-refractivity contribution in [3.63, 3.8) is 0 Å². The Balaban J connectivity index is 1.78. The van der Waals surface area contributed by atoms with Gasteiger partial charge in [-0.25, -0.2) is 0 Å². The SMILES string of the molecule is Cc1cccnc1CNC(=O)COc1ccc(CN)cc1. The molecule has 0 atom stereocenters. The summed E-state index contributed by atoms with van der Waals surface area (Å²) in [7, 11) is 0. The Hall–Kier alpha value is -2.40. The van der Waals surface area contributed by atoms with Gasteiger partial charge in [-0.1, -0.05) is 18.2 Å². The second-order valence-electron chi connectivity index (χ2n) is 4.68. The lowest BCUT2D eigenvalue weighted by molar-refractivity contribution is -0.123. The van der Waals surface area contributed by atoms with E-state index in [1.54, 1.807) is 18.3 Å². The number of nitrogens with one attached hydrogen (secondary N) is 1. The smallest absolute Gasteiger partial charge is 0.258 e. The molecule has 3 N–H and O–H groups in total. The van der Waals surface area contributed by atoms with Gasteiger partial charge in [0.1, 0.15) is 5.75 Å². The minimum atomic E-state index is -0.178. The van der Waals surface area contributed by atoms with Gasteiger partial charge in [-0.15, -0.1) is 0 Å². The van der Waals surface area contributed by atoms with Crippen LogP contribution >= 0.6 is 0 Å². The predicted octanol–water partition coefficient (Wildman–Crippen LogP) is 1.54. The molecule has 0 aliphatic rings. The van der Waals surface area contributed by atoms with Crippen LogP contribution in [-0.4, -0.2) is 17.5 Å². The minimum Gasteiger partial charge on any atom is -0.484 e. The van der Waals surface area contributed by atoms with E-state index in [1.807, 2.05) is 31.2 Å². The molecule has 5 heteroatoms. The lowest BCUT2D eigenvalue weighted by Crippen LogP contribution is -2.29. The molecule has 0 saturated heterocycles. The van der Waals surface area contributed by atoms with Gasteiger partial charge in [0.2, 0.25) is 0 Å². The van der Waals surface area contributed by atoms with Gasteiger partial charge in [-0.2, -0.15) is 0 Å². The van der Waals surface area contributed by atoms with E-state index in [0.29, 0.717) is 18.8 Å². The number of aryl methyl sites for hydroxylation is 1. The van der Waals surface area contributed by atoms with Crippen LogP contribution in [0.2, 0.25) is 0 Å². The molecule has 0 aliphatic carbocycles. The molecule has 21 heavy (non-hydrogen) atoms. The first-order chi connectivity index (χ1) is 10.2. The topological polar surface area (TPSA) is 77.2 Å². The maximum absolute atomic E-state index is 11.7. The van der Waals surface area contributed by atoms with Crippen molar-refractivity contribution in [3.05, 3.63) is 59.4 Å². The maximum Gasteiger partial charge on any atom is 0.258 e. The fraction of sp³-hybridized carbons (Fsp3) is 0.250. The molecule has 110 valence electrons. The number of carbonyl (C=O) groups excluding carboxylic acids is 1. The fourth-order valence-electron chi connectivity index (χ4n) is 1.81. The number of benzene rings is 1. The number of ether oxygens (including phenoxy) is 1. The van der Waals surface area contributed by atoms with Crippen LogP contribution in [0, 0.1) is 6.92 Å². The van der Waals surface area contributed by atoms with Gasteiger partial charge in [0.05, 0.1) is 12.2 Å². The van der Waals surface area contributed by atoms with Crippen LogP contribution in [0.5, 0.6) is 5.75 Å². The standard InChI is InChI=1S/C16H19N3O2/c1-12-3-2-8-18-15(12)10-19-16(20)11-21-14-6-4-13(9-17)5-7-14/h2-8H,9-11,17H2,1H3,(H,19,20). The third-order valence-corrected chi connectivity index (χ3v) is 3.10. The number of aromatic nitrogens is 1. The Morgan fingerprint density at radius 3 is 2.71 bits per heavy atom. The van der Waals surface area contributed by atoms with Crippen molar-refractivity contribution in [1.82, 2.24) is 10.3 Å². The van der Waals surface area contributed by atoms with Gasteiger partial charge < -0.3 is 15.8 Å². The van der Waals surface area contributed by atoms with Crippen LogP contribution in [-0.2, 0) is 17.9 Å². The molecule has 2 rings (SSSR count). The molecule has 0 fully saturated rings. The summed E-state index contributed by atoms with van der Waals surface area (Å²) >= 11 is 0. The molecule has 0 spiro atoms. The van der Waals surface area contributed by atoms with Crippen LogP contribution in [0.4, 0.5) is 0 Å². The van der Waals surface area contributed by atoms with E-state index in [9.17, 15) is 4.79 Å². The third kappa shape index (κ3) is 4.57. The zero-order valence-electron chi connectivity index (χ0n) is 12.0. The van der Waals surface area contributed by atoms with E-state index in [1.165, 1.54) is 0 Å². The van der Waals surface area contributed by atoms with E-state index >= 15 is 0 Å². The molecule has 0 saturated carbocycles. The van der Waals surface area contributed by atoms with Crippen molar-refractivity contribution in [2.24, 2.45) is 5.73 Å². The summed E-state index contributed by atoms with van der Waals surface area (Å²) in [6.45, 7) is 2.84. The summed E-state index contributed by atoms with van der Waals surface area (Å²) in [4.78, 5) is 16.0. The highest BCUT2D eigenvalue weighted by Crippen LogP contribution is 2.11. The summed E-state index contributed by atoms with van der Waals surface area (Å²) in [5, 5.41) is 2.79. The molecule has 0 bridgehead atoms. The number of hydrogen-bond donors (Lipinski definition) is 2. The van der Waals surface area contributed by atoms with Crippen molar-refractivity contribution in [1.29, 1.82) is 0 Å². The zero-order chi connectivity index (χ0) is 15.1. The van der Waals surface area contributed by atoms with Gasteiger partial charge in [0.25, 0.3) is 5.91 Å². The molecule has 1 aromatic heterocycles. The first-order valence-corrected chi connectivity index (χ1v) is 6.78. The van der Waals surface area contributed by atoms with Crippen molar-refractivity contribution in [3.8, 4) is 5.75 Å². The van der Waals surface area contributed by atoms with Crippen LogP contribution in [0.25, 0.3) is 0 Å². The fourth-order valence-corrected chi connectivity index (χ4v) is 1.81. The van der Waals surface area contributed by atoms with E-state index in [-0.39, 0.29) is 12.5 Å². The number of amides is 1. The Kier molecular flexibility index (Phi) is 5.29. The second-order valence-corrected chi connectivity index (χ2v) is 4.68. The van der Waals surface area contributed by atoms with E-state index in [0.717, 1.165) is 16.8 Å². The summed E-state index contributed by atoms with van der Waals surface area (Å²) in [6.07, 6.45) is 1.71. The normalized spacial score (nSPS) is 10.2. The number of rotatable bonds is 6. The van der Waals surface area contributed by atoms with Crippen LogP contribution < -0.4 is 15.8 Å². The molecule has 1 heterocycles. The van der Waals surface area contributed by atoms with E-state index < -0.39 is 0 Å². The summed E-state index contributed by atoms with van der Waals surface area (Å²) in [5.74, 6) is 0.472. The molecule has 0 unspecified atom stereocenters. The quantitative estimate of drug-likeness (QED) is 0.844. The minimum absolute atomic E-state index is 0.0200. The Labute approximate surface area is 124 Å².